The predicted molar refractivity (Wildman–Crippen MR) is 76.1 cm³/mol. The molecule has 2 saturated carbocycles. The molecule has 1 aromatic carbocycles. The van der Waals surface area contributed by atoms with Crippen molar-refractivity contribution in [3.05, 3.63) is 35.4 Å². The van der Waals surface area contributed by atoms with Crippen LogP contribution in [0, 0.1) is 29.4 Å². The lowest BCUT2D eigenvalue weighted by molar-refractivity contribution is 0.116. The summed E-state index contributed by atoms with van der Waals surface area (Å²) in [6, 6.07) is 3.25. The molecule has 20 heavy (non-hydrogen) atoms. The Bertz CT molecular complexity index is 474. The standard InChI is InChI=1S/C17H23F2N/c18-14-7-8-16(19)15(10-14)17(20)13-6-5-11-3-1-2-4-12(11)9-13/h7-8,10-13,17H,1-6,9,20H2. The predicted octanol–water partition coefficient (Wildman–Crippen LogP) is 4.57. The molecule has 0 bridgehead atoms. The largest absolute Gasteiger partial charge is 0.324 e. The van der Waals surface area contributed by atoms with Gasteiger partial charge in [-0.05, 0) is 55.2 Å². The van der Waals surface area contributed by atoms with E-state index in [9.17, 15) is 8.78 Å². The van der Waals surface area contributed by atoms with E-state index >= 15 is 0 Å². The maximum atomic E-state index is 13.9. The van der Waals surface area contributed by atoms with Gasteiger partial charge in [-0.3, -0.25) is 0 Å². The third-order valence-corrected chi connectivity index (χ3v) is 5.41. The molecular weight excluding hydrogens is 256 g/mol. The van der Waals surface area contributed by atoms with Gasteiger partial charge >= 0.3 is 0 Å². The molecule has 3 heteroatoms. The molecule has 0 amide bonds. The molecular formula is C17H23F2N. The Morgan fingerprint density at radius 1 is 1.00 bits per heavy atom. The van der Waals surface area contributed by atoms with Crippen LogP contribution in [0.1, 0.15) is 56.6 Å². The van der Waals surface area contributed by atoms with Gasteiger partial charge in [0.25, 0.3) is 0 Å². The molecule has 1 nitrogen and oxygen atoms in total. The molecule has 1 aromatic rings. The minimum absolute atomic E-state index is 0.297. The smallest absolute Gasteiger partial charge is 0.128 e. The summed E-state index contributed by atoms with van der Waals surface area (Å²) >= 11 is 0. The minimum Gasteiger partial charge on any atom is -0.324 e. The Labute approximate surface area is 119 Å². The normalized spacial score (nSPS) is 31.6. The van der Waals surface area contributed by atoms with Gasteiger partial charge in [0, 0.05) is 11.6 Å². The lowest BCUT2D eigenvalue weighted by Gasteiger charge is -2.41. The number of nitrogens with two attached hydrogens (primary N) is 1. The molecule has 2 N–H and O–H groups in total. The van der Waals surface area contributed by atoms with Gasteiger partial charge in [0.15, 0.2) is 0 Å². The van der Waals surface area contributed by atoms with E-state index in [1.54, 1.807) is 0 Å². The zero-order valence-corrected chi connectivity index (χ0v) is 11.8. The maximum Gasteiger partial charge on any atom is 0.128 e. The van der Waals surface area contributed by atoms with Crippen molar-refractivity contribution < 1.29 is 8.78 Å². The quantitative estimate of drug-likeness (QED) is 0.843. The monoisotopic (exact) mass is 279 g/mol. The first-order valence-corrected chi connectivity index (χ1v) is 7.85. The van der Waals surface area contributed by atoms with E-state index < -0.39 is 5.82 Å². The van der Waals surface area contributed by atoms with Gasteiger partial charge in [0.2, 0.25) is 0 Å². The highest BCUT2D eigenvalue weighted by Gasteiger charge is 2.35. The van der Waals surface area contributed by atoms with Crippen LogP contribution in [0.15, 0.2) is 18.2 Å². The van der Waals surface area contributed by atoms with Crippen LogP contribution >= 0.6 is 0 Å². The highest BCUT2D eigenvalue weighted by molar-refractivity contribution is 5.23. The highest BCUT2D eigenvalue weighted by Crippen LogP contribution is 2.45. The van der Waals surface area contributed by atoms with E-state index in [0.717, 1.165) is 30.7 Å². The van der Waals surface area contributed by atoms with Crippen molar-refractivity contribution in [2.75, 3.05) is 0 Å². The third-order valence-electron chi connectivity index (χ3n) is 5.41. The summed E-state index contributed by atoms with van der Waals surface area (Å²) in [6.07, 6.45) is 8.66. The lowest BCUT2D eigenvalue weighted by Crippen LogP contribution is -2.33. The van der Waals surface area contributed by atoms with Crippen LogP contribution in [0.3, 0.4) is 0 Å². The number of hydrogen-bond donors (Lipinski definition) is 1. The Kier molecular flexibility index (Phi) is 4.06. The van der Waals surface area contributed by atoms with Gasteiger partial charge < -0.3 is 5.73 Å². The molecule has 110 valence electrons. The number of hydrogen-bond acceptors (Lipinski definition) is 1. The fourth-order valence-corrected chi connectivity index (χ4v) is 4.26. The Morgan fingerprint density at radius 2 is 1.75 bits per heavy atom. The summed E-state index contributed by atoms with van der Waals surface area (Å²) in [5.41, 5.74) is 6.61. The van der Waals surface area contributed by atoms with Gasteiger partial charge in [-0.15, -0.1) is 0 Å². The van der Waals surface area contributed by atoms with Crippen molar-refractivity contribution in [3.63, 3.8) is 0 Å². The van der Waals surface area contributed by atoms with E-state index in [1.807, 2.05) is 0 Å². The van der Waals surface area contributed by atoms with Crippen LogP contribution < -0.4 is 5.73 Å². The molecule has 0 aromatic heterocycles. The van der Waals surface area contributed by atoms with Gasteiger partial charge in [0.1, 0.15) is 11.6 Å². The molecule has 0 saturated heterocycles. The average molecular weight is 279 g/mol. The highest BCUT2D eigenvalue weighted by atomic mass is 19.1. The van der Waals surface area contributed by atoms with Crippen LogP contribution in [0.2, 0.25) is 0 Å². The molecule has 0 aliphatic heterocycles. The number of halogens is 2. The van der Waals surface area contributed by atoms with Crippen molar-refractivity contribution in [1.29, 1.82) is 0 Å². The Morgan fingerprint density at radius 3 is 2.55 bits per heavy atom. The number of fused-ring (bicyclic) bond motifs is 1. The summed E-state index contributed by atoms with van der Waals surface area (Å²) in [5, 5.41) is 0. The second kappa shape index (κ2) is 5.80. The summed E-state index contributed by atoms with van der Waals surface area (Å²) in [7, 11) is 0. The topological polar surface area (TPSA) is 26.0 Å². The fourth-order valence-electron chi connectivity index (χ4n) is 4.26. The third kappa shape index (κ3) is 2.73. The van der Waals surface area contributed by atoms with Crippen molar-refractivity contribution in [3.8, 4) is 0 Å². The summed E-state index contributed by atoms with van der Waals surface area (Å²) in [4.78, 5) is 0. The average Bonchev–Trinajstić information content (AvgIpc) is 2.48. The SMILES string of the molecule is NC(c1cc(F)ccc1F)C1CCC2CCCCC2C1. The maximum absolute atomic E-state index is 13.9. The second-order valence-corrected chi connectivity index (χ2v) is 6.57. The van der Waals surface area contributed by atoms with Crippen molar-refractivity contribution in [2.24, 2.45) is 23.5 Å². The van der Waals surface area contributed by atoms with Crippen molar-refractivity contribution in [1.82, 2.24) is 0 Å². The van der Waals surface area contributed by atoms with E-state index in [4.69, 9.17) is 5.73 Å². The molecule has 4 atom stereocenters. The number of rotatable bonds is 2. The van der Waals surface area contributed by atoms with Crippen LogP contribution in [0.25, 0.3) is 0 Å². The molecule has 2 fully saturated rings. The minimum atomic E-state index is -0.400. The van der Waals surface area contributed by atoms with E-state index in [2.05, 4.69) is 0 Å². The summed E-state index contributed by atoms with van der Waals surface area (Å²) in [6.45, 7) is 0. The first kappa shape index (κ1) is 14.0. The molecule has 2 aliphatic rings. The molecule has 4 unspecified atom stereocenters. The summed E-state index contributed by atoms with van der Waals surface area (Å²) < 4.78 is 27.2. The van der Waals surface area contributed by atoms with Crippen LogP contribution in [0.4, 0.5) is 8.78 Å². The van der Waals surface area contributed by atoms with Gasteiger partial charge in [-0.25, -0.2) is 8.78 Å². The number of benzene rings is 1. The second-order valence-electron chi connectivity index (χ2n) is 6.57. The zero-order valence-electron chi connectivity index (χ0n) is 11.8. The Hall–Kier alpha value is -0.960. The van der Waals surface area contributed by atoms with E-state index in [0.29, 0.717) is 11.5 Å². The zero-order chi connectivity index (χ0) is 14.1. The van der Waals surface area contributed by atoms with E-state index in [1.165, 1.54) is 44.2 Å². The van der Waals surface area contributed by atoms with Crippen LogP contribution in [-0.4, -0.2) is 0 Å². The summed E-state index contributed by atoms with van der Waals surface area (Å²) in [5.74, 6) is 1.13. The lowest BCUT2D eigenvalue weighted by atomic mass is 9.65. The first-order chi connectivity index (χ1) is 9.65. The molecule has 0 spiro atoms. The Balaban J connectivity index is 1.74. The van der Waals surface area contributed by atoms with Gasteiger partial charge in [-0.1, -0.05) is 25.7 Å². The van der Waals surface area contributed by atoms with Crippen molar-refractivity contribution in [2.45, 2.75) is 51.0 Å². The molecule has 0 radical (unpaired) electrons. The van der Waals surface area contributed by atoms with Crippen LogP contribution in [0.5, 0.6) is 0 Å². The molecule has 2 aliphatic carbocycles. The van der Waals surface area contributed by atoms with Crippen molar-refractivity contribution >= 4 is 0 Å². The molecule has 0 heterocycles. The fraction of sp³-hybridized carbons (Fsp3) is 0.647. The van der Waals surface area contributed by atoms with Gasteiger partial charge in [0.05, 0.1) is 0 Å². The van der Waals surface area contributed by atoms with E-state index in [-0.39, 0.29) is 11.9 Å². The molecule has 3 rings (SSSR count). The van der Waals surface area contributed by atoms with Crippen LogP contribution in [-0.2, 0) is 0 Å². The first-order valence-electron chi connectivity index (χ1n) is 7.85. The van der Waals surface area contributed by atoms with Gasteiger partial charge in [-0.2, -0.15) is 0 Å².